The van der Waals surface area contributed by atoms with E-state index in [0.717, 1.165) is 18.4 Å². The van der Waals surface area contributed by atoms with Gasteiger partial charge in [0, 0.05) is 6.07 Å². The van der Waals surface area contributed by atoms with Gasteiger partial charge in [-0.25, -0.2) is 4.39 Å². The second-order valence-corrected chi connectivity index (χ2v) is 7.82. The largest absolute Gasteiger partial charge is 0.497 e. The van der Waals surface area contributed by atoms with Crippen LogP contribution in [0.4, 0.5) is 4.39 Å². The smallest absolute Gasteiger partial charge is 0.303 e. The van der Waals surface area contributed by atoms with Crippen molar-refractivity contribution >= 4 is 17.6 Å². The molecule has 7 nitrogen and oxygen atoms in total. The molecular formula is C22H21ClFN3O4. The second-order valence-electron chi connectivity index (χ2n) is 7.46. The van der Waals surface area contributed by atoms with E-state index in [1.807, 2.05) is 18.2 Å². The standard InChI is InChI=1S/C22H21ClFN3O4/c1-30-15-7-8-18(24)20(10-15)27-22(23)19(25-26-27)12-31-16-4-2-3-14(9-16)17(11-21(28)29)13-5-6-13/h2-4,7-10,13,17H,5-6,11-12H2,1H3,(H,28,29). The van der Waals surface area contributed by atoms with Crippen molar-refractivity contribution in [1.82, 2.24) is 15.0 Å². The molecular weight excluding hydrogens is 425 g/mol. The van der Waals surface area contributed by atoms with Gasteiger partial charge >= 0.3 is 5.97 Å². The highest BCUT2D eigenvalue weighted by Gasteiger charge is 2.33. The number of aliphatic carboxylic acids is 1. The third kappa shape index (κ3) is 4.80. The Bertz CT molecular complexity index is 1100. The number of methoxy groups -OCH3 is 1. The van der Waals surface area contributed by atoms with Gasteiger partial charge in [0.1, 0.15) is 35.3 Å². The lowest BCUT2D eigenvalue weighted by Crippen LogP contribution is -2.08. The van der Waals surface area contributed by atoms with Crippen molar-refractivity contribution in [1.29, 1.82) is 0 Å². The zero-order valence-corrected chi connectivity index (χ0v) is 17.6. The molecule has 1 atom stereocenters. The topological polar surface area (TPSA) is 86.5 Å². The zero-order chi connectivity index (χ0) is 22.0. The number of benzene rings is 2. The number of rotatable bonds is 9. The van der Waals surface area contributed by atoms with Gasteiger partial charge in [-0.3, -0.25) is 4.79 Å². The van der Waals surface area contributed by atoms with Gasteiger partial charge in [0.15, 0.2) is 5.15 Å². The molecule has 0 amide bonds. The monoisotopic (exact) mass is 445 g/mol. The Morgan fingerprint density at radius 1 is 1.29 bits per heavy atom. The molecule has 4 rings (SSSR count). The molecule has 1 fully saturated rings. The lowest BCUT2D eigenvalue weighted by molar-refractivity contribution is -0.137. The summed E-state index contributed by atoms with van der Waals surface area (Å²) in [6, 6.07) is 11.6. The molecule has 3 aromatic rings. The van der Waals surface area contributed by atoms with Crippen LogP contribution in [0.1, 0.15) is 36.4 Å². The van der Waals surface area contributed by atoms with Gasteiger partial charge in [-0.05, 0) is 54.5 Å². The number of ether oxygens (including phenoxy) is 2. The first-order valence-electron chi connectivity index (χ1n) is 9.84. The number of carboxylic acid groups (broad SMARTS) is 1. The van der Waals surface area contributed by atoms with E-state index < -0.39 is 11.8 Å². The van der Waals surface area contributed by atoms with Crippen LogP contribution in [0, 0.1) is 11.7 Å². The summed E-state index contributed by atoms with van der Waals surface area (Å²) in [5, 5.41) is 17.3. The SMILES string of the molecule is COc1ccc(F)c(-n2nnc(COc3cccc(C(CC(=O)O)C4CC4)c3)c2Cl)c1. The first-order chi connectivity index (χ1) is 15.0. The normalized spacial score (nSPS) is 14.3. The molecule has 2 aromatic carbocycles. The van der Waals surface area contributed by atoms with Gasteiger partial charge in [-0.1, -0.05) is 28.9 Å². The average molecular weight is 446 g/mol. The van der Waals surface area contributed by atoms with E-state index in [1.54, 1.807) is 6.07 Å². The number of halogens is 2. The molecule has 9 heteroatoms. The van der Waals surface area contributed by atoms with Crippen LogP contribution in [0.2, 0.25) is 5.15 Å². The van der Waals surface area contributed by atoms with Crippen molar-refractivity contribution in [2.45, 2.75) is 31.8 Å². The maximum absolute atomic E-state index is 14.2. The second kappa shape index (κ2) is 8.93. The molecule has 1 aliphatic rings. The van der Waals surface area contributed by atoms with Crippen molar-refractivity contribution in [3.8, 4) is 17.2 Å². The summed E-state index contributed by atoms with van der Waals surface area (Å²) in [5.74, 6) is 0.0876. The summed E-state index contributed by atoms with van der Waals surface area (Å²) >= 11 is 6.37. The minimum absolute atomic E-state index is 0.0263. The van der Waals surface area contributed by atoms with E-state index in [1.165, 1.54) is 30.0 Å². The van der Waals surface area contributed by atoms with E-state index in [2.05, 4.69) is 10.3 Å². The average Bonchev–Trinajstić information content (AvgIpc) is 3.54. The van der Waals surface area contributed by atoms with Crippen molar-refractivity contribution in [2.24, 2.45) is 5.92 Å². The van der Waals surface area contributed by atoms with E-state index in [4.69, 9.17) is 21.1 Å². The van der Waals surface area contributed by atoms with Gasteiger partial charge in [-0.2, -0.15) is 4.68 Å². The maximum Gasteiger partial charge on any atom is 0.303 e. The highest BCUT2D eigenvalue weighted by atomic mass is 35.5. The Kier molecular flexibility index (Phi) is 6.08. The Hall–Kier alpha value is -3.13. The molecule has 1 aliphatic carbocycles. The van der Waals surface area contributed by atoms with E-state index >= 15 is 0 Å². The summed E-state index contributed by atoms with van der Waals surface area (Å²) in [6.07, 6.45) is 2.19. The summed E-state index contributed by atoms with van der Waals surface area (Å²) < 4.78 is 26.4. The minimum atomic E-state index is -0.809. The van der Waals surface area contributed by atoms with Crippen LogP contribution in [0.3, 0.4) is 0 Å². The van der Waals surface area contributed by atoms with Crippen LogP contribution in [0.15, 0.2) is 42.5 Å². The Balaban J connectivity index is 1.50. The van der Waals surface area contributed by atoms with Gasteiger partial charge in [0.05, 0.1) is 13.5 Å². The number of nitrogens with zero attached hydrogens (tertiary/aromatic N) is 3. The third-order valence-electron chi connectivity index (χ3n) is 5.31. The lowest BCUT2D eigenvalue weighted by atomic mass is 9.91. The first kappa shape index (κ1) is 21.1. The zero-order valence-electron chi connectivity index (χ0n) is 16.8. The Morgan fingerprint density at radius 2 is 2.10 bits per heavy atom. The van der Waals surface area contributed by atoms with Crippen molar-refractivity contribution in [2.75, 3.05) is 7.11 Å². The lowest BCUT2D eigenvalue weighted by Gasteiger charge is -2.15. The van der Waals surface area contributed by atoms with Gasteiger partial charge < -0.3 is 14.6 Å². The summed E-state index contributed by atoms with van der Waals surface area (Å²) in [6.45, 7) is 0.0287. The highest BCUT2D eigenvalue weighted by Crippen LogP contribution is 2.45. The van der Waals surface area contributed by atoms with E-state index in [0.29, 0.717) is 23.1 Å². The number of hydrogen-bond donors (Lipinski definition) is 1. The molecule has 1 heterocycles. The molecule has 0 aliphatic heterocycles. The fraction of sp³-hybridized carbons (Fsp3) is 0.318. The molecule has 1 unspecified atom stereocenters. The van der Waals surface area contributed by atoms with E-state index in [-0.39, 0.29) is 29.8 Å². The maximum atomic E-state index is 14.2. The van der Waals surface area contributed by atoms with Crippen LogP contribution < -0.4 is 9.47 Å². The predicted molar refractivity (Wildman–Crippen MR) is 111 cm³/mol. The van der Waals surface area contributed by atoms with Crippen molar-refractivity contribution in [3.63, 3.8) is 0 Å². The number of aromatic nitrogens is 3. The molecule has 1 N–H and O–H groups in total. The summed E-state index contributed by atoms with van der Waals surface area (Å²) in [7, 11) is 1.48. The van der Waals surface area contributed by atoms with Gasteiger partial charge in [0.25, 0.3) is 0 Å². The van der Waals surface area contributed by atoms with Crippen LogP contribution in [-0.2, 0) is 11.4 Å². The first-order valence-corrected chi connectivity index (χ1v) is 10.2. The molecule has 0 saturated heterocycles. The number of hydrogen-bond acceptors (Lipinski definition) is 5. The van der Waals surface area contributed by atoms with Crippen LogP contribution >= 0.6 is 11.6 Å². The van der Waals surface area contributed by atoms with Crippen LogP contribution in [-0.4, -0.2) is 33.2 Å². The fourth-order valence-electron chi connectivity index (χ4n) is 3.56. The molecule has 0 bridgehead atoms. The summed E-state index contributed by atoms with van der Waals surface area (Å²) in [5.41, 5.74) is 1.40. The van der Waals surface area contributed by atoms with Crippen molar-refractivity contribution in [3.05, 3.63) is 64.7 Å². The molecule has 0 spiro atoms. The number of carbonyl (C=O) groups is 1. The Morgan fingerprint density at radius 3 is 2.81 bits per heavy atom. The Labute approximate surface area is 183 Å². The molecule has 0 radical (unpaired) electrons. The minimum Gasteiger partial charge on any atom is -0.497 e. The molecule has 31 heavy (non-hydrogen) atoms. The molecule has 1 saturated carbocycles. The number of carboxylic acids is 1. The van der Waals surface area contributed by atoms with Crippen molar-refractivity contribution < 1.29 is 23.8 Å². The predicted octanol–water partition coefficient (Wildman–Crippen LogP) is 4.62. The van der Waals surface area contributed by atoms with Gasteiger partial charge in [0.2, 0.25) is 0 Å². The van der Waals surface area contributed by atoms with Crippen LogP contribution in [0.25, 0.3) is 5.69 Å². The summed E-state index contributed by atoms with van der Waals surface area (Å²) in [4.78, 5) is 11.2. The molecule has 1 aromatic heterocycles. The third-order valence-corrected chi connectivity index (χ3v) is 5.69. The van der Waals surface area contributed by atoms with Gasteiger partial charge in [-0.15, -0.1) is 5.10 Å². The fourth-order valence-corrected chi connectivity index (χ4v) is 3.77. The molecule has 162 valence electrons. The van der Waals surface area contributed by atoms with E-state index in [9.17, 15) is 14.3 Å². The quantitative estimate of drug-likeness (QED) is 0.517. The highest BCUT2D eigenvalue weighted by molar-refractivity contribution is 6.30. The van der Waals surface area contributed by atoms with Crippen LogP contribution in [0.5, 0.6) is 11.5 Å².